The van der Waals surface area contributed by atoms with E-state index in [2.05, 4.69) is 5.32 Å². The molecule has 0 aliphatic rings. The first-order valence-corrected chi connectivity index (χ1v) is 8.95. The van der Waals surface area contributed by atoms with E-state index in [0.29, 0.717) is 28.3 Å². The molecule has 0 saturated heterocycles. The number of benzene rings is 3. The van der Waals surface area contributed by atoms with Gasteiger partial charge in [0, 0.05) is 6.42 Å². The Balaban J connectivity index is 1.89. The van der Waals surface area contributed by atoms with Crippen molar-refractivity contribution in [3.05, 3.63) is 106 Å². The zero-order valence-electron chi connectivity index (χ0n) is 14.8. The maximum absolute atomic E-state index is 14.0. The van der Waals surface area contributed by atoms with Gasteiger partial charge in [0.2, 0.25) is 0 Å². The van der Waals surface area contributed by atoms with Crippen molar-refractivity contribution in [2.24, 2.45) is 0 Å². The van der Waals surface area contributed by atoms with Crippen LogP contribution in [0.25, 0.3) is 6.08 Å². The normalized spacial score (nSPS) is 11.0. The van der Waals surface area contributed by atoms with Crippen LogP contribution in [0, 0.1) is 17.1 Å². The van der Waals surface area contributed by atoms with Crippen molar-refractivity contribution in [3.63, 3.8) is 0 Å². The highest BCUT2D eigenvalue weighted by Gasteiger charge is 2.13. The molecular weight excluding hydrogens is 375 g/mol. The molecule has 0 saturated carbocycles. The van der Waals surface area contributed by atoms with Gasteiger partial charge in [0.1, 0.15) is 17.5 Å². The van der Waals surface area contributed by atoms with Crippen LogP contribution in [-0.2, 0) is 11.2 Å². The number of nitrogens with one attached hydrogen (secondary N) is 1. The van der Waals surface area contributed by atoms with E-state index in [0.717, 1.165) is 5.56 Å². The van der Waals surface area contributed by atoms with Crippen LogP contribution in [-0.4, -0.2) is 5.91 Å². The number of halogens is 2. The van der Waals surface area contributed by atoms with Gasteiger partial charge >= 0.3 is 0 Å². The number of nitriles is 1. The number of rotatable bonds is 5. The Hall–Kier alpha value is -3.42. The Kier molecular flexibility index (Phi) is 6.21. The summed E-state index contributed by atoms with van der Waals surface area (Å²) in [5.41, 5.74) is 2.39. The van der Waals surface area contributed by atoms with Crippen LogP contribution in [0.2, 0.25) is 5.02 Å². The summed E-state index contributed by atoms with van der Waals surface area (Å²) in [6.45, 7) is 0. The summed E-state index contributed by atoms with van der Waals surface area (Å²) in [6.07, 6.45) is 1.85. The summed E-state index contributed by atoms with van der Waals surface area (Å²) in [5, 5.41) is 12.5. The Bertz CT molecular complexity index is 1090. The molecule has 138 valence electrons. The molecule has 3 nitrogen and oxygen atoms in total. The lowest BCUT2D eigenvalue weighted by Crippen LogP contribution is -2.13. The predicted octanol–water partition coefficient (Wildman–Crippen LogP) is 5.62. The fourth-order valence-electron chi connectivity index (χ4n) is 2.74. The maximum atomic E-state index is 14.0. The molecule has 0 radical (unpaired) electrons. The number of hydrogen-bond donors (Lipinski definition) is 1. The molecule has 1 N–H and O–H groups in total. The summed E-state index contributed by atoms with van der Waals surface area (Å²) in [7, 11) is 0. The molecule has 5 heteroatoms. The molecular formula is C23H16ClFN2O. The predicted molar refractivity (Wildman–Crippen MR) is 109 cm³/mol. The van der Waals surface area contributed by atoms with Gasteiger partial charge < -0.3 is 5.32 Å². The van der Waals surface area contributed by atoms with E-state index in [1.165, 1.54) is 12.1 Å². The minimum atomic E-state index is -0.559. The lowest BCUT2D eigenvalue weighted by Gasteiger charge is -2.09. The van der Waals surface area contributed by atoms with Gasteiger partial charge in [-0.1, -0.05) is 66.2 Å². The molecule has 28 heavy (non-hydrogen) atoms. The second kappa shape index (κ2) is 8.98. The van der Waals surface area contributed by atoms with Crippen LogP contribution in [0.5, 0.6) is 0 Å². The summed E-state index contributed by atoms with van der Waals surface area (Å²) >= 11 is 6.05. The highest BCUT2D eigenvalue weighted by atomic mass is 35.5. The van der Waals surface area contributed by atoms with Crippen LogP contribution in [0.15, 0.2) is 78.4 Å². The van der Waals surface area contributed by atoms with Crippen molar-refractivity contribution >= 4 is 29.3 Å². The van der Waals surface area contributed by atoms with Gasteiger partial charge in [0.25, 0.3) is 5.91 Å². The number of carbonyl (C=O) groups is 1. The van der Waals surface area contributed by atoms with E-state index in [-0.39, 0.29) is 11.4 Å². The van der Waals surface area contributed by atoms with E-state index < -0.39 is 5.91 Å². The van der Waals surface area contributed by atoms with Gasteiger partial charge in [-0.05, 0) is 41.0 Å². The number of amides is 1. The van der Waals surface area contributed by atoms with Crippen LogP contribution >= 0.6 is 11.6 Å². The van der Waals surface area contributed by atoms with Crippen molar-refractivity contribution in [2.75, 3.05) is 5.32 Å². The average molecular weight is 391 g/mol. The smallest absolute Gasteiger partial charge is 0.266 e. The van der Waals surface area contributed by atoms with Crippen LogP contribution in [0.4, 0.5) is 10.1 Å². The van der Waals surface area contributed by atoms with E-state index in [9.17, 15) is 14.4 Å². The van der Waals surface area contributed by atoms with E-state index in [1.54, 1.807) is 54.6 Å². The van der Waals surface area contributed by atoms with Crippen LogP contribution < -0.4 is 5.32 Å². The SMILES string of the molecule is N#C/C(=C\c1ccccc1Cc1ccccc1F)C(=O)Nc1ccccc1Cl. The maximum Gasteiger partial charge on any atom is 0.266 e. The first-order chi connectivity index (χ1) is 13.6. The lowest BCUT2D eigenvalue weighted by molar-refractivity contribution is -0.112. The average Bonchev–Trinajstić information content (AvgIpc) is 2.70. The first kappa shape index (κ1) is 19.3. The zero-order chi connectivity index (χ0) is 19.9. The molecule has 0 atom stereocenters. The molecule has 0 fully saturated rings. The molecule has 0 aromatic heterocycles. The third kappa shape index (κ3) is 4.64. The molecule has 0 heterocycles. The highest BCUT2D eigenvalue weighted by molar-refractivity contribution is 6.34. The van der Waals surface area contributed by atoms with Crippen LogP contribution in [0.3, 0.4) is 0 Å². The molecule has 0 spiro atoms. The standard InChI is InChI=1S/C23H16ClFN2O/c24-20-10-4-6-12-22(20)27-23(28)19(15-26)14-17-8-2-1-7-16(17)13-18-9-3-5-11-21(18)25/h1-12,14H,13H2,(H,27,28)/b19-14+. The summed E-state index contributed by atoms with van der Waals surface area (Å²) in [5.74, 6) is -0.852. The molecule has 0 aliphatic heterocycles. The molecule has 0 unspecified atom stereocenters. The summed E-state index contributed by atoms with van der Waals surface area (Å²) < 4.78 is 14.0. The van der Waals surface area contributed by atoms with Gasteiger partial charge in [-0.3, -0.25) is 4.79 Å². The van der Waals surface area contributed by atoms with E-state index in [1.807, 2.05) is 18.2 Å². The van der Waals surface area contributed by atoms with Crippen molar-refractivity contribution in [1.82, 2.24) is 0 Å². The fourth-order valence-corrected chi connectivity index (χ4v) is 2.92. The van der Waals surface area contributed by atoms with Crippen molar-refractivity contribution in [3.8, 4) is 6.07 Å². The first-order valence-electron chi connectivity index (χ1n) is 8.57. The molecule has 0 aliphatic carbocycles. The Morgan fingerprint density at radius 2 is 1.64 bits per heavy atom. The molecule has 0 bridgehead atoms. The number of anilines is 1. The monoisotopic (exact) mass is 390 g/mol. The second-order valence-corrected chi connectivity index (χ2v) is 6.48. The Morgan fingerprint density at radius 3 is 2.36 bits per heavy atom. The topological polar surface area (TPSA) is 52.9 Å². The Morgan fingerprint density at radius 1 is 1.00 bits per heavy atom. The van der Waals surface area contributed by atoms with Crippen molar-refractivity contribution in [1.29, 1.82) is 5.26 Å². The van der Waals surface area contributed by atoms with E-state index in [4.69, 9.17) is 11.6 Å². The fraction of sp³-hybridized carbons (Fsp3) is 0.0435. The lowest BCUT2D eigenvalue weighted by atomic mass is 9.98. The van der Waals surface area contributed by atoms with E-state index >= 15 is 0 Å². The second-order valence-electron chi connectivity index (χ2n) is 6.07. The van der Waals surface area contributed by atoms with Gasteiger partial charge in [0.15, 0.2) is 0 Å². The van der Waals surface area contributed by atoms with Gasteiger partial charge in [0.05, 0.1) is 10.7 Å². The van der Waals surface area contributed by atoms with Gasteiger partial charge in [-0.15, -0.1) is 0 Å². The largest absolute Gasteiger partial charge is 0.320 e. The third-order valence-corrected chi connectivity index (χ3v) is 4.51. The molecule has 3 rings (SSSR count). The molecule has 1 amide bonds. The number of para-hydroxylation sites is 1. The number of hydrogen-bond acceptors (Lipinski definition) is 2. The number of nitrogens with zero attached hydrogens (tertiary/aromatic N) is 1. The zero-order valence-corrected chi connectivity index (χ0v) is 15.6. The number of carbonyl (C=O) groups excluding carboxylic acids is 1. The molecule has 3 aromatic rings. The summed E-state index contributed by atoms with van der Waals surface area (Å²) in [4.78, 5) is 12.5. The molecule has 3 aromatic carbocycles. The van der Waals surface area contributed by atoms with Crippen LogP contribution in [0.1, 0.15) is 16.7 Å². The third-order valence-electron chi connectivity index (χ3n) is 4.18. The Labute approximate surface area is 167 Å². The van der Waals surface area contributed by atoms with Gasteiger partial charge in [-0.25, -0.2) is 4.39 Å². The minimum absolute atomic E-state index is 0.0686. The highest BCUT2D eigenvalue weighted by Crippen LogP contribution is 2.22. The van der Waals surface area contributed by atoms with Gasteiger partial charge in [-0.2, -0.15) is 5.26 Å². The van der Waals surface area contributed by atoms with Crippen molar-refractivity contribution in [2.45, 2.75) is 6.42 Å². The quantitative estimate of drug-likeness (QED) is 0.454. The summed E-state index contributed by atoms with van der Waals surface area (Å²) in [6, 6.07) is 22.5. The van der Waals surface area contributed by atoms with Crippen molar-refractivity contribution < 1.29 is 9.18 Å². The minimum Gasteiger partial charge on any atom is -0.320 e.